The van der Waals surface area contributed by atoms with E-state index < -0.39 is 17.5 Å². The van der Waals surface area contributed by atoms with E-state index in [0.717, 1.165) is 12.1 Å². The van der Waals surface area contributed by atoms with Crippen LogP contribution in [0.2, 0.25) is 0 Å². The van der Waals surface area contributed by atoms with E-state index in [0.29, 0.717) is 5.56 Å². The lowest BCUT2D eigenvalue weighted by atomic mass is 10.2. The minimum atomic E-state index is -1.57. The van der Waals surface area contributed by atoms with Crippen LogP contribution in [-0.4, -0.2) is 20.2 Å². The Morgan fingerprint density at radius 2 is 1.67 bits per heavy atom. The second kappa shape index (κ2) is 4.89. The van der Waals surface area contributed by atoms with E-state index in [2.05, 4.69) is 15.1 Å². The Labute approximate surface area is 115 Å². The van der Waals surface area contributed by atoms with Crippen molar-refractivity contribution in [1.29, 1.82) is 0 Å². The van der Waals surface area contributed by atoms with Gasteiger partial charge >= 0.3 is 0 Å². The van der Waals surface area contributed by atoms with Gasteiger partial charge in [-0.15, -0.1) is 0 Å². The molecule has 2 heterocycles. The highest BCUT2D eigenvalue weighted by Gasteiger charge is 2.16. The second-order valence-electron chi connectivity index (χ2n) is 4.11. The van der Waals surface area contributed by atoms with Gasteiger partial charge in [-0.1, -0.05) is 5.16 Å². The fourth-order valence-corrected chi connectivity index (χ4v) is 1.69. The summed E-state index contributed by atoms with van der Waals surface area (Å²) in [5, 5.41) is 12.9. The summed E-state index contributed by atoms with van der Waals surface area (Å²) >= 11 is 0. The minimum Gasteiger partial charge on any atom is -0.506 e. The van der Waals surface area contributed by atoms with Gasteiger partial charge in [0.25, 0.3) is 5.89 Å². The molecule has 0 saturated carbocycles. The van der Waals surface area contributed by atoms with Crippen LogP contribution >= 0.6 is 0 Å². The van der Waals surface area contributed by atoms with Crippen LogP contribution in [0.15, 0.2) is 35.1 Å². The zero-order valence-electron chi connectivity index (χ0n) is 10.2. The molecule has 2 aromatic heterocycles. The van der Waals surface area contributed by atoms with Crippen molar-refractivity contribution in [3.63, 3.8) is 0 Å². The Hall–Kier alpha value is -2.90. The largest absolute Gasteiger partial charge is 0.506 e. The summed E-state index contributed by atoms with van der Waals surface area (Å²) in [6.07, 6.45) is 2.58. The lowest BCUT2D eigenvalue weighted by molar-refractivity contribution is 0.430. The topological polar surface area (TPSA) is 72.0 Å². The minimum absolute atomic E-state index is 0.00135. The van der Waals surface area contributed by atoms with Crippen molar-refractivity contribution in [3.8, 4) is 28.6 Å². The summed E-state index contributed by atoms with van der Waals surface area (Å²) in [5.74, 6) is -4.50. The monoisotopic (exact) mass is 293 g/mol. The molecule has 3 rings (SSSR count). The number of hydrogen-bond acceptors (Lipinski definition) is 5. The predicted molar refractivity (Wildman–Crippen MR) is 64.5 cm³/mol. The van der Waals surface area contributed by atoms with Crippen molar-refractivity contribution in [1.82, 2.24) is 15.1 Å². The lowest BCUT2D eigenvalue weighted by Crippen LogP contribution is -1.92. The molecule has 0 saturated heterocycles. The van der Waals surface area contributed by atoms with E-state index in [1.807, 2.05) is 0 Å². The number of aromatic hydroxyl groups is 1. The van der Waals surface area contributed by atoms with Crippen molar-refractivity contribution >= 4 is 0 Å². The average molecular weight is 293 g/mol. The zero-order chi connectivity index (χ0) is 15.0. The Bertz CT molecular complexity index is 797. The number of nitrogens with zero attached hydrogens (tertiary/aromatic N) is 3. The van der Waals surface area contributed by atoms with Crippen LogP contribution in [0.25, 0.3) is 22.8 Å². The Morgan fingerprint density at radius 3 is 2.33 bits per heavy atom. The van der Waals surface area contributed by atoms with Crippen LogP contribution < -0.4 is 0 Å². The van der Waals surface area contributed by atoms with E-state index in [-0.39, 0.29) is 23.0 Å². The molecule has 0 bridgehead atoms. The quantitative estimate of drug-likeness (QED) is 0.735. The molecule has 0 fully saturated rings. The van der Waals surface area contributed by atoms with E-state index in [4.69, 9.17) is 4.52 Å². The van der Waals surface area contributed by atoms with Crippen molar-refractivity contribution in [2.75, 3.05) is 0 Å². The molecule has 0 aliphatic heterocycles. The molecule has 0 atom stereocenters. The lowest BCUT2D eigenvalue weighted by Gasteiger charge is -1.98. The number of hydrogen-bond donors (Lipinski definition) is 1. The van der Waals surface area contributed by atoms with Crippen LogP contribution in [-0.2, 0) is 0 Å². The number of benzene rings is 1. The molecule has 106 valence electrons. The number of rotatable bonds is 2. The highest BCUT2D eigenvalue weighted by atomic mass is 19.2. The molecule has 0 unspecified atom stereocenters. The predicted octanol–water partition coefficient (Wildman–Crippen LogP) is 2.92. The van der Waals surface area contributed by atoms with E-state index >= 15 is 0 Å². The Morgan fingerprint density at radius 1 is 0.952 bits per heavy atom. The summed E-state index contributed by atoms with van der Waals surface area (Å²) in [7, 11) is 0. The van der Waals surface area contributed by atoms with Crippen LogP contribution in [0.4, 0.5) is 13.2 Å². The van der Waals surface area contributed by atoms with Crippen molar-refractivity contribution < 1.29 is 22.8 Å². The SMILES string of the molecule is Oc1cncc(-c2nc(-c3cc(F)c(F)c(F)c3)no2)c1. The first-order valence-electron chi connectivity index (χ1n) is 5.67. The molecule has 3 aromatic rings. The highest BCUT2D eigenvalue weighted by Crippen LogP contribution is 2.25. The first kappa shape index (κ1) is 13.1. The highest BCUT2D eigenvalue weighted by molar-refractivity contribution is 5.60. The maximum absolute atomic E-state index is 13.2. The molecule has 1 aromatic carbocycles. The fraction of sp³-hybridized carbons (Fsp3) is 0. The third kappa shape index (κ3) is 2.42. The molecule has 0 amide bonds. The molecule has 21 heavy (non-hydrogen) atoms. The van der Waals surface area contributed by atoms with E-state index in [9.17, 15) is 18.3 Å². The zero-order valence-corrected chi connectivity index (χ0v) is 10.2. The molecule has 1 N–H and O–H groups in total. The number of halogens is 3. The van der Waals surface area contributed by atoms with Crippen LogP contribution in [0.1, 0.15) is 0 Å². The first-order valence-corrected chi connectivity index (χ1v) is 5.67. The maximum atomic E-state index is 13.2. The van der Waals surface area contributed by atoms with Gasteiger partial charge in [0.1, 0.15) is 5.75 Å². The van der Waals surface area contributed by atoms with Crippen molar-refractivity contribution in [3.05, 3.63) is 48.0 Å². The normalized spacial score (nSPS) is 10.8. The third-order valence-electron chi connectivity index (χ3n) is 2.64. The molecule has 0 spiro atoms. The third-order valence-corrected chi connectivity index (χ3v) is 2.64. The van der Waals surface area contributed by atoms with Crippen molar-refractivity contribution in [2.45, 2.75) is 0 Å². The smallest absolute Gasteiger partial charge is 0.259 e. The van der Waals surface area contributed by atoms with Gasteiger partial charge in [-0.3, -0.25) is 4.98 Å². The van der Waals surface area contributed by atoms with Gasteiger partial charge in [-0.25, -0.2) is 13.2 Å². The van der Waals surface area contributed by atoms with Gasteiger partial charge in [-0.2, -0.15) is 4.98 Å². The van der Waals surface area contributed by atoms with Crippen LogP contribution in [0.5, 0.6) is 5.75 Å². The summed E-state index contributed by atoms with van der Waals surface area (Å²) in [6, 6.07) is 2.84. The van der Waals surface area contributed by atoms with Gasteiger partial charge in [0.2, 0.25) is 5.82 Å². The summed E-state index contributed by atoms with van der Waals surface area (Å²) in [5.41, 5.74) is 0.256. The molecule has 0 aliphatic rings. The Kier molecular flexibility index (Phi) is 3.05. The number of pyridine rings is 1. The van der Waals surface area contributed by atoms with Gasteiger partial charge in [0.15, 0.2) is 17.5 Å². The van der Waals surface area contributed by atoms with Gasteiger partial charge in [0.05, 0.1) is 11.8 Å². The molecule has 5 nitrogen and oxygen atoms in total. The van der Waals surface area contributed by atoms with Crippen molar-refractivity contribution in [2.24, 2.45) is 0 Å². The Balaban J connectivity index is 2.02. The molecule has 0 aliphatic carbocycles. The fourth-order valence-electron chi connectivity index (χ4n) is 1.69. The second-order valence-corrected chi connectivity index (χ2v) is 4.11. The standard InChI is InChI=1S/C13H6F3N3O2/c14-9-2-6(3-10(15)11(9)16)12-18-13(21-19-12)7-1-8(20)5-17-4-7/h1-5,20H. The summed E-state index contributed by atoms with van der Waals surface area (Å²) in [6.45, 7) is 0. The molecular weight excluding hydrogens is 287 g/mol. The van der Waals surface area contributed by atoms with Gasteiger partial charge in [-0.05, 0) is 18.2 Å². The van der Waals surface area contributed by atoms with Crippen LogP contribution in [0, 0.1) is 17.5 Å². The number of aromatic nitrogens is 3. The molecular formula is C13H6F3N3O2. The van der Waals surface area contributed by atoms with Crippen LogP contribution in [0.3, 0.4) is 0 Å². The van der Waals surface area contributed by atoms with E-state index in [1.165, 1.54) is 18.5 Å². The average Bonchev–Trinajstić information content (AvgIpc) is 2.94. The maximum Gasteiger partial charge on any atom is 0.259 e. The molecule has 8 heteroatoms. The summed E-state index contributed by atoms with van der Waals surface area (Å²) in [4.78, 5) is 7.65. The van der Waals surface area contributed by atoms with Gasteiger partial charge in [0, 0.05) is 11.8 Å². The van der Waals surface area contributed by atoms with E-state index in [1.54, 1.807) is 0 Å². The first-order chi connectivity index (χ1) is 10.0. The molecule has 0 radical (unpaired) electrons. The summed E-state index contributed by atoms with van der Waals surface area (Å²) < 4.78 is 44.1. The van der Waals surface area contributed by atoms with Gasteiger partial charge < -0.3 is 9.63 Å².